The van der Waals surface area contributed by atoms with Crippen LogP contribution in [0.1, 0.15) is 30.5 Å². The van der Waals surface area contributed by atoms with Crippen LogP contribution in [0, 0.1) is 5.82 Å². The standard InChI is InChI=1S/C16H17ClFN/c1-2-16(12-6-4-3-5-7-12)19-11-13-10-14(18)8-9-15(13)17/h3-10,16,19H,2,11H2,1H3. The molecule has 1 unspecified atom stereocenters. The number of hydrogen-bond donors (Lipinski definition) is 1. The number of nitrogens with one attached hydrogen (secondary N) is 1. The Balaban J connectivity index is 2.06. The molecule has 2 rings (SSSR count). The molecule has 19 heavy (non-hydrogen) atoms. The summed E-state index contributed by atoms with van der Waals surface area (Å²) in [6.07, 6.45) is 0.969. The fraction of sp³-hybridized carbons (Fsp3) is 0.250. The highest BCUT2D eigenvalue weighted by molar-refractivity contribution is 6.31. The highest BCUT2D eigenvalue weighted by Crippen LogP contribution is 2.20. The first kappa shape index (κ1) is 14.0. The van der Waals surface area contributed by atoms with Crippen molar-refractivity contribution in [2.45, 2.75) is 25.9 Å². The van der Waals surface area contributed by atoms with E-state index in [1.165, 1.54) is 17.7 Å². The van der Waals surface area contributed by atoms with Crippen LogP contribution in [-0.2, 0) is 6.54 Å². The Morgan fingerprint density at radius 2 is 1.89 bits per heavy atom. The van der Waals surface area contributed by atoms with E-state index < -0.39 is 0 Å². The molecule has 0 saturated heterocycles. The van der Waals surface area contributed by atoms with Crippen LogP contribution in [0.2, 0.25) is 5.02 Å². The molecule has 0 spiro atoms. The van der Waals surface area contributed by atoms with Gasteiger partial charge in [-0.1, -0.05) is 48.9 Å². The Labute approximate surface area is 118 Å². The lowest BCUT2D eigenvalue weighted by molar-refractivity contribution is 0.517. The smallest absolute Gasteiger partial charge is 0.123 e. The summed E-state index contributed by atoms with van der Waals surface area (Å²) in [6.45, 7) is 2.68. The summed E-state index contributed by atoms with van der Waals surface area (Å²) in [5, 5.41) is 4.01. The van der Waals surface area contributed by atoms with Gasteiger partial charge < -0.3 is 5.32 Å². The van der Waals surface area contributed by atoms with Crippen molar-refractivity contribution in [1.29, 1.82) is 0 Å². The summed E-state index contributed by atoms with van der Waals surface area (Å²) >= 11 is 6.06. The summed E-state index contributed by atoms with van der Waals surface area (Å²) in [4.78, 5) is 0. The van der Waals surface area contributed by atoms with Crippen molar-refractivity contribution in [2.75, 3.05) is 0 Å². The summed E-state index contributed by atoms with van der Waals surface area (Å²) in [5.74, 6) is -0.256. The van der Waals surface area contributed by atoms with Crippen LogP contribution in [0.5, 0.6) is 0 Å². The molecule has 0 fully saturated rings. The molecule has 100 valence electrons. The maximum Gasteiger partial charge on any atom is 0.123 e. The van der Waals surface area contributed by atoms with Crippen molar-refractivity contribution < 1.29 is 4.39 Å². The second kappa shape index (κ2) is 6.69. The summed E-state index contributed by atoms with van der Waals surface area (Å²) < 4.78 is 13.2. The normalized spacial score (nSPS) is 12.4. The molecule has 0 aliphatic carbocycles. The maximum atomic E-state index is 13.2. The van der Waals surface area contributed by atoms with Crippen LogP contribution < -0.4 is 5.32 Å². The Bertz CT molecular complexity index is 528. The zero-order valence-electron chi connectivity index (χ0n) is 10.9. The van der Waals surface area contributed by atoms with Gasteiger partial charge in [0.05, 0.1) is 0 Å². The predicted octanol–water partition coefficient (Wildman–Crippen LogP) is 4.72. The van der Waals surface area contributed by atoms with Gasteiger partial charge in [-0.15, -0.1) is 0 Å². The van der Waals surface area contributed by atoms with Crippen LogP contribution in [0.15, 0.2) is 48.5 Å². The lowest BCUT2D eigenvalue weighted by Crippen LogP contribution is -2.20. The van der Waals surface area contributed by atoms with E-state index in [-0.39, 0.29) is 11.9 Å². The molecule has 0 aliphatic heterocycles. The minimum absolute atomic E-state index is 0.250. The van der Waals surface area contributed by atoms with Crippen LogP contribution in [-0.4, -0.2) is 0 Å². The Morgan fingerprint density at radius 3 is 2.58 bits per heavy atom. The molecule has 1 nitrogen and oxygen atoms in total. The van der Waals surface area contributed by atoms with Crippen LogP contribution >= 0.6 is 11.6 Å². The van der Waals surface area contributed by atoms with E-state index in [0.29, 0.717) is 11.6 Å². The first-order valence-corrected chi connectivity index (χ1v) is 6.80. The Morgan fingerprint density at radius 1 is 1.16 bits per heavy atom. The molecule has 0 aliphatic rings. The topological polar surface area (TPSA) is 12.0 Å². The van der Waals surface area contributed by atoms with Gasteiger partial charge in [0.1, 0.15) is 5.82 Å². The third-order valence-electron chi connectivity index (χ3n) is 3.16. The molecule has 0 heterocycles. The van der Waals surface area contributed by atoms with Gasteiger partial charge in [0.15, 0.2) is 0 Å². The Kier molecular flexibility index (Phi) is 4.94. The van der Waals surface area contributed by atoms with Gasteiger partial charge in [-0.25, -0.2) is 4.39 Å². The molecule has 2 aromatic carbocycles. The Hall–Kier alpha value is -1.38. The summed E-state index contributed by atoms with van der Waals surface area (Å²) in [7, 11) is 0. The lowest BCUT2D eigenvalue weighted by Gasteiger charge is -2.18. The zero-order chi connectivity index (χ0) is 13.7. The molecule has 2 aromatic rings. The molecular weight excluding hydrogens is 261 g/mol. The van der Waals surface area contributed by atoms with Gasteiger partial charge in [0.2, 0.25) is 0 Å². The quantitative estimate of drug-likeness (QED) is 0.834. The third-order valence-corrected chi connectivity index (χ3v) is 3.53. The number of benzene rings is 2. The van der Waals surface area contributed by atoms with Crippen LogP contribution in [0.4, 0.5) is 4.39 Å². The second-order valence-corrected chi connectivity index (χ2v) is 4.90. The van der Waals surface area contributed by atoms with Crippen molar-refractivity contribution in [3.8, 4) is 0 Å². The minimum atomic E-state index is -0.256. The zero-order valence-corrected chi connectivity index (χ0v) is 11.6. The highest BCUT2D eigenvalue weighted by atomic mass is 35.5. The van der Waals surface area contributed by atoms with Gasteiger partial charge in [-0.3, -0.25) is 0 Å². The molecule has 0 amide bonds. The minimum Gasteiger partial charge on any atom is -0.306 e. The largest absolute Gasteiger partial charge is 0.306 e. The van der Waals surface area contributed by atoms with E-state index in [1.807, 2.05) is 18.2 Å². The molecule has 0 bridgehead atoms. The van der Waals surface area contributed by atoms with E-state index in [0.717, 1.165) is 12.0 Å². The SMILES string of the molecule is CCC(NCc1cc(F)ccc1Cl)c1ccccc1. The van der Waals surface area contributed by atoms with E-state index in [9.17, 15) is 4.39 Å². The number of rotatable bonds is 5. The van der Waals surface area contributed by atoms with E-state index >= 15 is 0 Å². The molecule has 0 aromatic heterocycles. The maximum absolute atomic E-state index is 13.2. The fourth-order valence-electron chi connectivity index (χ4n) is 2.10. The van der Waals surface area contributed by atoms with Gasteiger partial charge >= 0.3 is 0 Å². The number of halogens is 2. The third kappa shape index (κ3) is 3.79. The van der Waals surface area contributed by atoms with Crippen LogP contribution in [0.25, 0.3) is 0 Å². The first-order valence-electron chi connectivity index (χ1n) is 6.43. The number of hydrogen-bond acceptors (Lipinski definition) is 1. The van der Waals surface area contributed by atoms with Crippen LogP contribution in [0.3, 0.4) is 0 Å². The van der Waals surface area contributed by atoms with Crippen molar-refractivity contribution in [3.05, 3.63) is 70.5 Å². The van der Waals surface area contributed by atoms with Gasteiger partial charge in [0.25, 0.3) is 0 Å². The second-order valence-electron chi connectivity index (χ2n) is 4.49. The van der Waals surface area contributed by atoms with E-state index in [2.05, 4.69) is 24.4 Å². The highest BCUT2D eigenvalue weighted by Gasteiger charge is 2.09. The van der Waals surface area contributed by atoms with Gasteiger partial charge in [-0.2, -0.15) is 0 Å². The monoisotopic (exact) mass is 277 g/mol. The van der Waals surface area contributed by atoms with Gasteiger partial charge in [0, 0.05) is 17.6 Å². The van der Waals surface area contributed by atoms with Crippen molar-refractivity contribution >= 4 is 11.6 Å². The molecular formula is C16H17ClFN. The van der Waals surface area contributed by atoms with Gasteiger partial charge in [-0.05, 0) is 35.7 Å². The molecule has 3 heteroatoms. The molecule has 0 saturated carbocycles. The van der Waals surface area contributed by atoms with E-state index in [1.54, 1.807) is 6.07 Å². The first-order chi connectivity index (χ1) is 9.20. The van der Waals surface area contributed by atoms with Crippen molar-refractivity contribution in [1.82, 2.24) is 5.32 Å². The average molecular weight is 278 g/mol. The fourth-order valence-corrected chi connectivity index (χ4v) is 2.28. The molecule has 0 radical (unpaired) electrons. The summed E-state index contributed by atoms with van der Waals surface area (Å²) in [5.41, 5.74) is 2.02. The summed E-state index contributed by atoms with van der Waals surface area (Å²) in [6, 6.07) is 14.9. The average Bonchev–Trinajstić information content (AvgIpc) is 2.44. The predicted molar refractivity (Wildman–Crippen MR) is 77.7 cm³/mol. The molecule has 1 N–H and O–H groups in total. The lowest BCUT2D eigenvalue weighted by atomic mass is 10.0. The van der Waals surface area contributed by atoms with Crippen molar-refractivity contribution in [2.24, 2.45) is 0 Å². The van der Waals surface area contributed by atoms with Crippen molar-refractivity contribution in [3.63, 3.8) is 0 Å². The van der Waals surface area contributed by atoms with E-state index in [4.69, 9.17) is 11.6 Å². The molecule has 1 atom stereocenters.